The summed E-state index contributed by atoms with van der Waals surface area (Å²) in [5, 5.41) is 9.24. The summed E-state index contributed by atoms with van der Waals surface area (Å²) >= 11 is 0. The molecule has 0 saturated carbocycles. The van der Waals surface area contributed by atoms with Crippen LogP contribution in [0.4, 0.5) is 11.4 Å². The molecule has 0 aliphatic heterocycles. The molecule has 0 heterocycles. The van der Waals surface area contributed by atoms with Crippen LogP contribution < -0.4 is 14.4 Å². The third kappa shape index (κ3) is 2.67. The zero-order chi connectivity index (χ0) is 14.5. The molecule has 0 N–H and O–H groups in total. The maximum Gasteiger partial charge on any atom is 0.121 e. The van der Waals surface area contributed by atoms with Crippen molar-refractivity contribution in [1.82, 2.24) is 0 Å². The van der Waals surface area contributed by atoms with E-state index in [9.17, 15) is 5.26 Å². The van der Waals surface area contributed by atoms with Crippen LogP contribution in [0.3, 0.4) is 0 Å². The molecule has 4 heteroatoms. The first-order valence-electron chi connectivity index (χ1n) is 6.15. The van der Waals surface area contributed by atoms with Crippen LogP contribution in [0.15, 0.2) is 42.5 Å². The molecule has 20 heavy (non-hydrogen) atoms. The first-order chi connectivity index (χ1) is 9.69. The molecule has 0 aliphatic carbocycles. The van der Waals surface area contributed by atoms with E-state index in [0.29, 0.717) is 11.3 Å². The molecule has 2 aromatic rings. The van der Waals surface area contributed by atoms with Crippen LogP contribution >= 0.6 is 0 Å². The minimum atomic E-state index is 0.594. The van der Waals surface area contributed by atoms with Gasteiger partial charge in [0.2, 0.25) is 0 Å². The quantitative estimate of drug-likeness (QED) is 0.853. The lowest BCUT2D eigenvalue weighted by molar-refractivity contribution is 0.414. The Morgan fingerprint density at radius 3 is 2.35 bits per heavy atom. The molecular formula is C16H16N2O2. The minimum Gasteiger partial charge on any atom is -0.497 e. The van der Waals surface area contributed by atoms with Gasteiger partial charge in [0.15, 0.2) is 0 Å². The molecule has 4 nitrogen and oxygen atoms in total. The number of rotatable bonds is 4. The van der Waals surface area contributed by atoms with E-state index >= 15 is 0 Å². The molecule has 0 aromatic heterocycles. The molecule has 0 amide bonds. The Labute approximate surface area is 118 Å². The molecule has 0 fully saturated rings. The monoisotopic (exact) mass is 268 g/mol. The number of nitriles is 1. The summed E-state index contributed by atoms with van der Waals surface area (Å²) in [6.45, 7) is 0. The van der Waals surface area contributed by atoms with Gasteiger partial charge in [-0.2, -0.15) is 5.26 Å². The van der Waals surface area contributed by atoms with Crippen molar-refractivity contribution >= 4 is 11.4 Å². The van der Waals surface area contributed by atoms with Gasteiger partial charge in [-0.1, -0.05) is 6.07 Å². The normalized spacial score (nSPS) is 9.70. The molecule has 2 aromatic carbocycles. The van der Waals surface area contributed by atoms with E-state index in [1.54, 1.807) is 26.4 Å². The lowest BCUT2D eigenvalue weighted by atomic mass is 10.1. The predicted octanol–water partition coefficient (Wildman–Crippen LogP) is 3.34. The molecule has 0 spiro atoms. The third-order valence-electron chi connectivity index (χ3n) is 3.13. The fourth-order valence-corrected chi connectivity index (χ4v) is 1.97. The molecule has 0 aliphatic rings. The summed E-state index contributed by atoms with van der Waals surface area (Å²) in [4.78, 5) is 1.93. The predicted molar refractivity (Wildman–Crippen MR) is 78.8 cm³/mol. The lowest BCUT2D eigenvalue weighted by Gasteiger charge is -2.21. The van der Waals surface area contributed by atoms with E-state index in [-0.39, 0.29) is 0 Å². The van der Waals surface area contributed by atoms with Crippen molar-refractivity contribution < 1.29 is 9.47 Å². The van der Waals surface area contributed by atoms with Crippen LogP contribution in [0, 0.1) is 11.3 Å². The first-order valence-corrected chi connectivity index (χ1v) is 6.15. The Morgan fingerprint density at radius 1 is 1.00 bits per heavy atom. The average molecular weight is 268 g/mol. The lowest BCUT2D eigenvalue weighted by Crippen LogP contribution is -2.11. The van der Waals surface area contributed by atoms with E-state index < -0.39 is 0 Å². The van der Waals surface area contributed by atoms with Crippen molar-refractivity contribution in [3.8, 4) is 17.6 Å². The van der Waals surface area contributed by atoms with Crippen molar-refractivity contribution in [3.05, 3.63) is 48.0 Å². The summed E-state index contributed by atoms with van der Waals surface area (Å²) in [7, 11) is 5.15. The van der Waals surface area contributed by atoms with Gasteiger partial charge < -0.3 is 14.4 Å². The van der Waals surface area contributed by atoms with Crippen molar-refractivity contribution in [2.24, 2.45) is 0 Å². The average Bonchev–Trinajstić information content (AvgIpc) is 2.53. The molecule has 2 rings (SSSR count). The maximum atomic E-state index is 9.24. The summed E-state index contributed by atoms with van der Waals surface area (Å²) in [5.74, 6) is 1.49. The fourth-order valence-electron chi connectivity index (χ4n) is 1.97. The zero-order valence-corrected chi connectivity index (χ0v) is 11.8. The van der Waals surface area contributed by atoms with Gasteiger partial charge >= 0.3 is 0 Å². The van der Waals surface area contributed by atoms with Gasteiger partial charge in [0.05, 0.1) is 25.5 Å². The Morgan fingerprint density at radius 2 is 1.70 bits per heavy atom. The summed E-state index contributed by atoms with van der Waals surface area (Å²) in [6, 6.07) is 15.3. The SMILES string of the molecule is COc1cccc(N(C)c2cc(OC)ccc2C#N)c1. The van der Waals surface area contributed by atoms with Crippen LogP contribution in [-0.4, -0.2) is 21.3 Å². The number of nitrogens with zero attached hydrogens (tertiary/aromatic N) is 2. The van der Waals surface area contributed by atoms with Gasteiger partial charge in [0.25, 0.3) is 0 Å². The van der Waals surface area contributed by atoms with E-state index in [1.165, 1.54) is 0 Å². The first kappa shape index (κ1) is 13.8. The summed E-state index contributed by atoms with van der Waals surface area (Å²) in [6.07, 6.45) is 0. The van der Waals surface area contributed by atoms with Crippen molar-refractivity contribution in [2.45, 2.75) is 0 Å². The van der Waals surface area contributed by atoms with Crippen LogP contribution in [-0.2, 0) is 0 Å². The van der Waals surface area contributed by atoms with Gasteiger partial charge in [-0.15, -0.1) is 0 Å². The minimum absolute atomic E-state index is 0.594. The molecule has 0 atom stereocenters. The highest BCUT2D eigenvalue weighted by Crippen LogP contribution is 2.31. The van der Waals surface area contributed by atoms with Gasteiger partial charge in [0, 0.05) is 24.9 Å². The molecule has 0 bridgehead atoms. The molecule has 102 valence electrons. The Bertz CT molecular complexity index is 647. The van der Waals surface area contributed by atoms with Crippen LogP contribution in [0.5, 0.6) is 11.5 Å². The number of hydrogen-bond donors (Lipinski definition) is 0. The molecule has 0 unspecified atom stereocenters. The van der Waals surface area contributed by atoms with Gasteiger partial charge in [0.1, 0.15) is 17.6 Å². The summed E-state index contributed by atoms with van der Waals surface area (Å²) in [5.41, 5.74) is 2.32. The fraction of sp³-hybridized carbons (Fsp3) is 0.188. The van der Waals surface area contributed by atoms with Crippen molar-refractivity contribution in [1.29, 1.82) is 5.26 Å². The van der Waals surface area contributed by atoms with Crippen molar-refractivity contribution in [2.75, 3.05) is 26.2 Å². The second kappa shape index (κ2) is 5.98. The van der Waals surface area contributed by atoms with Gasteiger partial charge in [-0.25, -0.2) is 0 Å². The zero-order valence-electron chi connectivity index (χ0n) is 11.8. The Kier molecular flexibility index (Phi) is 4.11. The highest BCUT2D eigenvalue weighted by atomic mass is 16.5. The maximum absolute atomic E-state index is 9.24. The van der Waals surface area contributed by atoms with Crippen molar-refractivity contribution in [3.63, 3.8) is 0 Å². The third-order valence-corrected chi connectivity index (χ3v) is 3.13. The standard InChI is InChI=1S/C16H16N2O2/c1-18(13-5-4-6-14(9-13)19-2)16-10-15(20-3)8-7-12(16)11-17/h4-10H,1-3H3. The van der Waals surface area contributed by atoms with Crippen LogP contribution in [0.2, 0.25) is 0 Å². The number of methoxy groups -OCH3 is 2. The van der Waals surface area contributed by atoms with Gasteiger partial charge in [-0.3, -0.25) is 0 Å². The molecule has 0 radical (unpaired) electrons. The van der Waals surface area contributed by atoms with Crippen LogP contribution in [0.1, 0.15) is 5.56 Å². The van der Waals surface area contributed by atoms with E-state index in [1.807, 2.05) is 42.3 Å². The van der Waals surface area contributed by atoms with Gasteiger partial charge in [-0.05, 0) is 24.3 Å². The number of benzene rings is 2. The second-order valence-electron chi connectivity index (χ2n) is 4.26. The number of anilines is 2. The molecule has 0 saturated heterocycles. The number of ether oxygens (including phenoxy) is 2. The highest BCUT2D eigenvalue weighted by molar-refractivity contribution is 5.71. The van der Waals surface area contributed by atoms with Crippen LogP contribution in [0.25, 0.3) is 0 Å². The van der Waals surface area contributed by atoms with E-state index in [0.717, 1.165) is 17.1 Å². The Hall–Kier alpha value is -2.67. The largest absolute Gasteiger partial charge is 0.497 e. The molecular weight excluding hydrogens is 252 g/mol. The van der Waals surface area contributed by atoms with E-state index in [2.05, 4.69) is 6.07 Å². The topological polar surface area (TPSA) is 45.5 Å². The smallest absolute Gasteiger partial charge is 0.121 e. The Balaban J connectivity index is 2.46. The summed E-state index contributed by atoms with van der Waals surface area (Å²) < 4.78 is 10.5. The number of hydrogen-bond acceptors (Lipinski definition) is 4. The highest BCUT2D eigenvalue weighted by Gasteiger charge is 2.11. The van der Waals surface area contributed by atoms with E-state index in [4.69, 9.17) is 9.47 Å². The second-order valence-corrected chi connectivity index (χ2v) is 4.26.